The van der Waals surface area contributed by atoms with Crippen LogP contribution < -0.4 is 11.5 Å². The van der Waals surface area contributed by atoms with E-state index in [-0.39, 0.29) is 51.7 Å². The van der Waals surface area contributed by atoms with Crippen molar-refractivity contribution in [2.45, 2.75) is 104 Å². The van der Waals surface area contributed by atoms with Gasteiger partial charge in [0.1, 0.15) is 6.10 Å². The number of nitrogens with two attached hydrogens (primary N) is 2. The first-order valence-electron chi connectivity index (χ1n) is 13.8. The zero-order valence-corrected chi connectivity index (χ0v) is 23.3. The van der Waals surface area contributed by atoms with E-state index in [0.717, 1.165) is 24.8 Å². The van der Waals surface area contributed by atoms with Gasteiger partial charge in [0.05, 0.1) is 11.7 Å². The highest BCUT2D eigenvalue weighted by Crippen LogP contribution is 2.73. The number of allylic oxidation sites excluding steroid dienone is 3. The highest BCUT2D eigenvalue weighted by atomic mass is 16.5. The van der Waals surface area contributed by atoms with Gasteiger partial charge in [-0.15, -0.1) is 0 Å². The van der Waals surface area contributed by atoms with Gasteiger partial charge in [-0.2, -0.15) is 0 Å². The molecule has 0 aromatic heterocycles. The monoisotopic (exact) mass is 514 g/mol. The zero-order chi connectivity index (χ0) is 27.5. The Hall–Kier alpha value is -1.96. The van der Waals surface area contributed by atoms with Crippen molar-refractivity contribution in [1.82, 2.24) is 0 Å². The van der Waals surface area contributed by atoms with Crippen molar-refractivity contribution in [2.75, 3.05) is 0 Å². The molecule has 0 unspecified atom stereocenters. The molecule has 4 aliphatic carbocycles. The van der Waals surface area contributed by atoms with Crippen molar-refractivity contribution in [3.8, 4) is 0 Å². The summed E-state index contributed by atoms with van der Waals surface area (Å²) in [5.41, 5.74) is 15.0. The van der Waals surface area contributed by atoms with Gasteiger partial charge >= 0.3 is 11.9 Å². The third kappa shape index (κ3) is 4.31. The minimum Gasteiger partial charge on any atom is -0.478 e. The Balaban J connectivity index is 1.86. The molecule has 10 atom stereocenters. The van der Waals surface area contributed by atoms with Crippen molar-refractivity contribution in [3.63, 3.8) is 0 Å². The van der Waals surface area contributed by atoms with Gasteiger partial charge in [-0.05, 0) is 98.0 Å². The van der Waals surface area contributed by atoms with E-state index in [1.165, 1.54) is 6.92 Å². The van der Waals surface area contributed by atoms with Crippen LogP contribution in [0.2, 0.25) is 0 Å². The Labute approximate surface area is 221 Å². The SMILES string of the molecule is CC(=O)O[C@H]1C[C@@]2(C)[C@@H](C[C@@H](N)[C@H]3[C@@]4(C)CC[C@@H](O)[C@@H](N)[C@@H]4CC[C@@]32C)/C1=C(\C=C/C=C(C)C)C(=O)O. The average Bonchev–Trinajstić information content (AvgIpc) is 3.05. The number of ether oxygens (including phenoxy) is 1. The molecule has 4 fully saturated rings. The van der Waals surface area contributed by atoms with E-state index >= 15 is 0 Å². The summed E-state index contributed by atoms with van der Waals surface area (Å²) in [5.74, 6) is -1.16. The normalized spacial score (nSPS) is 46.5. The molecule has 0 heterocycles. The molecular weight excluding hydrogens is 468 g/mol. The zero-order valence-electron chi connectivity index (χ0n) is 23.3. The fourth-order valence-corrected chi connectivity index (χ4v) is 9.32. The van der Waals surface area contributed by atoms with Crippen LogP contribution in [0.3, 0.4) is 0 Å². The topological polar surface area (TPSA) is 136 Å². The first kappa shape index (κ1) is 28.1. The summed E-state index contributed by atoms with van der Waals surface area (Å²) >= 11 is 0. The lowest BCUT2D eigenvalue weighted by Crippen LogP contribution is -2.69. The number of hydrogen-bond donors (Lipinski definition) is 4. The number of carboxylic acids is 1. The molecule has 0 spiro atoms. The van der Waals surface area contributed by atoms with Gasteiger partial charge in [0.25, 0.3) is 0 Å². The molecule has 0 amide bonds. The number of hydrogen-bond acceptors (Lipinski definition) is 6. The molecule has 0 bridgehead atoms. The molecule has 4 aliphatic rings. The maximum absolute atomic E-state index is 12.6. The Bertz CT molecular complexity index is 1040. The van der Waals surface area contributed by atoms with Crippen LogP contribution in [0.25, 0.3) is 0 Å². The summed E-state index contributed by atoms with van der Waals surface area (Å²) in [5, 5.41) is 20.9. The first-order chi connectivity index (χ1) is 17.2. The quantitative estimate of drug-likeness (QED) is 0.252. The summed E-state index contributed by atoms with van der Waals surface area (Å²) in [6.45, 7) is 12.2. The standard InChI is InChI=1S/C30H46N2O5/c1-16(2)8-7-9-18(27(35)36)24-20-14-21(31)26-28(4)12-11-22(34)25(32)19(28)10-13-29(26,5)30(20,6)15-23(24)37-17(3)33/h7-9,19-23,25-26,34H,10-15,31-32H2,1-6H3,(H,35,36)/b9-7-,24-18-/t19-,20-,21+,22+,23-,25-,26-,28-,29-,30-/m0/s1. The second-order valence-corrected chi connectivity index (χ2v) is 13.2. The van der Waals surface area contributed by atoms with Crippen LogP contribution in [0.4, 0.5) is 0 Å². The summed E-state index contributed by atoms with van der Waals surface area (Å²) in [6, 6.07) is -0.408. The van der Waals surface area contributed by atoms with Crippen molar-refractivity contribution in [2.24, 2.45) is 45.5 Å². The number of carbonyl (C=O) groups excluding carboxylic acids is 1. The fraction of sp³-hybridized carbons (Fsp3) is 0.733. The maximum atomic E-state index is 12.6. The van der Waals surface area contributed by atoms with Gasteiger partial charge in [-0.1, -0.05) is 38.5 Å². The van der Waals surface area contributed by atoms with E-state index < -0.39 is 24.1 Å². The number of aliphatic hydroxyl groups excluding tert-OH is 1. The molecule has 37 heavy (non-hydrogen) atoms. The minimum atomic E-state index is -1.02. The van der Waals surface area contributed by atoms with Gasteiger partial charge in [-0.25, -0.2) is 4.79 Å². The number of fused-ring (bicyclic) bond motifs is 5. The molecule has 0 aromatic carbocycles. The van der Waals surface area contributed by atoms with Crippen molar-refractivity contribution >= 4 is 11.9 Å². The van der Waals surface area contributed by atoms with Crippen LogP contribution >= 0.6 is 0 Å². The predicted molar refractivity (Wildman–Crippen MR) is 143 cm³/mol. The van der Waals surface area contributed by atoms with Crippen molar-refractivity contribution < 1.29 is 24.5 Å². The number of rotatable bonds is 4. The Kier molecular flexibility index (Phi) is 7.32. The highest BCUT2D eigenvalue weighted by molar-refractivity contribution is 5.91. The summed E-state index contributed by atoms with van der Waals surface area (Å²) < 4.78 is 5.86. The van der Waals surface area contributed by atoms with Crippen LogP contribution in [-0.2, 0) is 14.3 Å². The van der Waals surface area contributed by atoms with E-state index in [2.05, 4.69) is 20.8 Å². The van der Waals surface area contributed by atoms with Crippen LogP contribution in [0.5, 0.6) is 0 Å². The summed E-state index contributed by atoms with van der Waals surface area (Å²) in [6.07, 6.45) is 8.78. The number of aliphatic hydroxyl groups is 1. The Morgan fingerprint density at radius 3 is 2.32 bits per heavy atom. The molecule has 7 nitrogen and oxygen atoms in total. The first-order valence-corrected chi connectivity index (χ1v) is 13.8. The van der Waals surface area contributed by atoms with Gasteiger partial charge in [-0.3, -0.25) is 4.79 Å². The average molecular weight is 515 g/mol. The van der Waals surface area contributed by atoms with Crippen molar-refractivity contribution in [1.29, 1.82) is 0 Å². The molecule has 4 rings (SSSR count). The number of carboxylic acid groups (broad SMARTS) is 1. The Morgan fingerprint density at radius 1 is 1.05 bits per heavy atom. The lowest BCUT2D eigenvalue weighted by Gasteiger charge is -2.69. The third-order valence-corrected chi connectivity index (χ3v) is 11.0. The van der Waals surface area contributed by atoms with E-state index in [0.29, 0.717) is 24.8 Å². The highest BCUT2D eigenvalue weighted by Gasteiger charge is 2.70. The molecule has 0 aromatic rings. The molecular formula is C30H46N2O5. The van der Waals surface area contributed by atoms with Crippen LogP contribution in [-0.4, -0.2) is 46.4 Å². The summed E-state index contributed by atoms with van der Waals surface area (Å²) in [4.78, 5) is 24.8. The van der Waals surface area contributed by atoms with E-state index in [4.69, 9.17) is 16.2 Å². The fourth-order valence-electron chi connectivity index (χ4n) is 9.32. The lowest BCUT2D eigenvalue weighted by atomic mass is 9.36. The number of esters is 1. The van der Waals surface area contributed by atoms with Crippen LogP contribution in [0.15, 0.2) is 34.9 Å². The minimum absolute atomic E-state index is 0.110. The molecule has 4 saturated carbocycles. The number of carbonyl (C=O) groups is 2. The molecule has 0 aliphatic heterocycles. The Morgan fingerprint density at radius 2 is 1.73 bits per heavy atom. The molecule has 0 radical (unpaired) electrons. The molecule has 7 heteroatoms. The lowest BCUT2D eigenvalue weighted by molar-refractivity contribution is -0.196. The van der Waals surface area contributed by atoms with Gasteiger partial charge in [0, 0.05) is 19.0 Å². The van der Waals surface area contributed by atoms with Crippen LogP contribution in [0, 0.1) is 34.0 Å². The van der Waals surface area contributed by atoms with Gasteiger partial charge in [0.15, 0.2) is 0 Å². The van der Waals surface area contributed by atoms with E-state index in [1.54, 1.807) is 12.2 Å². The van der Waals surface area contributed by atoms with E-state index in [1.807, 2.05) is 19.9 Å². The summed E-state index contributed by atoms with van der Waals surface area (Å²) in [7, 11) is 0. The van der Waals surface area contributed by atoms with Crippen molar-refractivity contribution in [3.05, 3.63) is 34.9 Å². The van der Waals surface area contributed by atoms with Gasteiger partial charge < -0.3 is 26.4 Å². The van der Waals surface area contributed by atoms with Crippen LogP contribution in [0.1, 0.15) is 80.1 Å². The molecule has 0 saturated heterocycles. The molecule has 206 valence electrons. The van der Waals surface area contributed by atoms with Gasteiger partial charge in [0.2, 0.25) is 0 Å². The van der Waals surface area contributed by atoms with E-state index in [9.17, 15) is 19.8 Å². The maximum Gasteiger partial charge on any atom is 0.335 e. The molecule has 6 N–H and O–H groups in total. The number of aliphatic carboxylic acids is 1. The smallest absolute Gasteiger partial charge is 0.335 e. The largest absolute Gasteiger partial charge is 0.478 e. The third-order valence-electron chi connectivity index (χ3n) is 11.0. The second-order valence-electron chi connectivity index (χ2n) is 13.2. The predicted octanol–water partition coefficient (Wildman–Crippen LogP) is 4.10. The second kappa shape index (κ2) is 9.65.